The molecule has 2 aliphatic heterocycles. The quantitative estimate of drug-likeness (QED) is 0.162. The molecular formula is C31H35NO15. The van der Waals surface area contributed by atoms with Gasteiger partial charge in [-0.2, -0.15) is 0 Å². The maximum absolute atomic E-state index is 13.4. The van der Waals surface area contributed by atoms with E-state index in [2.05, 4.69) is 4.90 Å². The number of hydrogen-bond donors (Lipinski definition) is 5. The topological polar surface area (TPSA) is 244 Å². The predicted octanol–water partition coefficient (Wildman–Crippen LogP) is -0.212. The smallest absolute Gasteiger partial charge is 0.345 e. The lowest BCUT2D eigenvalue weighted by Crippen LogP contribution is -2.74. The number of carboxylic acid groups (broad SMARTS) is 3. The van der Waals surface area contributed by atoms with E-state index in [-0.39, 0.29) is 18.2 Å². The highest BCUT2D eigenvalue weighted by Crippen LogP contribution is 2.65. The average molecular weight is 662 g/mol. The minimum atomic E-state index is -2.14. The number of aliphatic hydroxyl groups is 2. The van der Waals surface area contributed by atoms with Gasteiger partial charge >= 0.3 is 29.8 Å². The number of hydrogen-bond acceptors (Lipinski definition) is 13. The highest BCUT2D eigenvalue weighted by Gasteiger charge is 2.72. The van der Waals surface area contributed by atoms with Crippen LogP contribution in [0.3, 0.4) is 0 Å². The van der Waals surface area contributed by atoms with E-state index in [0.717, 1.165) is 11.1 Å². The molecule has 1 spiro atoms. The van der Waals surface area contributed by atoms with Crippen LogP contribution in [0.2, 0.25) is 0 Å². The van der Waals surface area contributed by atoms with Crippen LogP contribution in [0.15, 0.2) is 24.0 Å². The van der Waals surface area contributed by atoms with Crippen molar-refractivity contribution in [2.45, 2.75) is 80.3 Å². The number of rotatable bonds is 14. The van der Waals surface area contributed by atoms with Gasteiger partial charge < -0.3 is 49.4 Å². The number of aliphatic hydroxyl groups excluding tert-OH is 1. The van der Waals surface area contributed by atoms with Crippen molar-refractivity contribution in [3.05, 3.63) is 35.1 Å². The summed E-state index contributed by atoms with van der Waals surface area (Å²) in [6.07, 6.45) is -6.35. The molecule has 2 bridgehead atoms. The Hall–Kier alpha value is -4.54. The zero-order chi connectivity index (χ0) is 34.4. The third-order valence-corrected chi connectivity index (χ3v) is 9.61. The standard InChI is InChI=1S/C31H35NO15/c1-32-8-7-30-24-14-3-4-18(44-2)25(24)47-26(30)19(5-6-31(30,43)21(32)10-14)45-23(37)11-15(9-16(33)12-17(34)27(38)39)29(42)46-20(28(40)41)13-22(35)36/h3-5,15,17,20-21,26,34,43H,6-13H2,1-2H3,(H,35,36)(H,38,39)(H,40,41)/t15-,17-,20-,21-,26+,30+,31-/m0/s1. The number of ether oxygens (including phenoxy) is 4. The van der Waals surface area contributed by atoms with Crippen molar-refractivity contribution in [2.75, 3.05) is 20.7 Å². The van der Waals surface area contributed by atoms with Crippen molar-refractivity contribution in [3.8, 4) is 11.5 Å². The van der Waals surface area contributed by atoms with E-state index in [4.69, 9.17) is 29.2 Å². The Bertz CT molecular complexity index is 1550. The summed E-state index contributed by atoms with van der Waals surface area (Å²) in [5.74, 6) is -9.36. The molecule has 5 N–H and O–H groups in total. The lowest BCUT2D eigenvalue weighted by molar-refractivity contribution is -0.173. The molecule has 0 radical (unpaired) electrons. The molecule has 1 saturated heterocycles. The van der Waals surface area contributed by atoms with Crippen molar-refractivity contribution in [2.24, 2.45) is 5.92 Å². The molecule has 1 aromatic rings. The summed E-state index contributed by atoms with van der Waals surface area (Å²) in [5, 5.41) is 49.2. The van der Waals surface area contributed by atoms with Gasteiger partial charge in [0.2, 0.25) is 6.10 Å². The van der Waals surface area contributed by atoms with E-state index >= 15 is 0 Å². The van der Waals surface area contributed by atoms with Crippen LogP contribution >= 0.6 is 0 Å². The monoisotopic (exact) mass is 661 g/mol. The second-order valence-corrected chi connectivity index (χ2v) is 12.3. The van der Waals surface area contributed by atoms with E-state index in [1.54, 1.807) is 6.07 Å². The van der Waals surface area contributed by atoms with E-state index in [9.17, 15) is 44.1 Å². The summed E-state index contributed by atoms with van der Waals surface area (Å²) in [4.78, 5) is 74.7. The molecule has 1 fully saturated rings. The van der Waals surface area contributed by atoms with Gasteiger partial charge in [0.1, 0.15) is 11.5 Å². The van der Waals surface area contributed by atoms with Crippen LogP contribution in [-0.4, -0.2) is 117 Å². The van der Waals surface area contributed by atoms with Gasteiger partial charge in [0.15, 0.2) is 23.7 Å². The number of benzene rings is 1. The van der Waals surface area contributed by atoms with Crippen molar-refractivity contribution in [1.82, 2.24) is 4.90 Å². The van der Waals surface area contributed by atoms with Gasteiger partial charge in [-0.25, -0.2) is 9.59 Å². The molecule has 0 aromatic heterocycles. The number of carboxylic acids is 3. The first-order valence-corrected chi connectivity index (χ1v) is 14.9. The van der Waals surface area contributed by atoms with Crippen molar-refractivity contribution >= 4 is 35.6 Å². The average Bonchev–Trinajstić information content (AvgIpc) is 3.35. The Morgan fingerprint density at radius 3 is 2.40 bits per heavy atom. The van der Waals surface area contributed by atoms with Gasteiger partial charge in [0.05, 0.1) is 36.9 Å². The Labute approximate surface area is 267 Å². The second-order valence-electron chi connectivity index (χ2n) is 12.3. The molecule has 7 atom stereocenters. The predicted molar refractivity (Wildman–Crippen MR) is 153 cm³/mol. The summed E-state index contributed by atoms with van der Waals surface area (Å²) in [6.45, 7) is 0.601. The Morgan fingerprint density at radius 1 is 1.04 bits per heavy atom. The third-order valence-electron chi connectivity index (χ3n) is 9.61. The van der Waals surface area contributed by atoms with Gasteiger partial charge in [-0.1, -0.05) is 6.07 Å². The second kappa shape index (κ2) is 12.6. The van der Waals surface area contributed by atoms with Gasteiger partial charge in [-0.15, -0.1) is 0 Å². The summed E-state index contributed by atoms with van der Waals surface area (Å²) in [6, 6.07) is 3.41. The molecule has 2 aliphatic carbocycles. The number of likely N-dealkylation sites (tertiary alicyclic amines) is 1. The number of Topliss-reactive ketones (excluding diaryl/α,β-unsaturated/α-hetero) is 1. The highest BCUT2D eigenvalue weighted by molar-refractivity contribution is 5.91. The Kier molecular flexibility index (Phi) is 9.05. The van der Waals surface area contributed by atoms with Gasteiger partial charge in [-0.3, -0.25) is 19.2 Å². The fraction of sp³-hybridized carbons (Fsp3) is 0.548. The number of ketones is 1. The highest BCUT2D eigenvalue weighted by atomic mass is 16.6. The van der Waals surface area contributed by atoms with Crippen molar-refractivity contribution < 1.29 is 73.2 Å². The Balaban J connectivity index is 1.41. The number of nitrogens with zero attached hydrogens (tertiary/aromatic N) is 1. The first kappa shape index (κ1) is 33.8. The number of likely N-dealkylation sites (N-methyl/N-ethyl adjacent to an activating group) is 1. The molecule has 254 valence electrons. The molecule has 5 rings (SSSR count). The SMILES string of the molecule is COc1ccc2c3c1O[C@@H]1C(OC(=O)C[C@H](CC(=O)C[C@H](O)C(=O)O)C(=O)O[C@@H](CC(=O)O)C(=O)O)=CC[C@]4(O)[C@H](C2)N(C)CC[C@@]314. The fourth-order valence-corrected chi connectivity index (χ4v) is 7.44. The first-order valence-electron chi connectivity index (χ1n) is 14.9. The summed E-state index contributed by atoms with van der Waals surface area (Å²) >= 11 is 0. The molecule has 0 saturated carbocycles. The van der Waals surface area contributed by atoms with Crippen LogP contribution in [-0.2, 0) is 50.1 Å². The summed E-state index contributed by atoms with van der Waals surface area (Å²) < 4.78 is 22.5. The van der Waals surface area contributed by atoms with Gasteiger partial charge in [0.25, 0.3) is 0 Å². The minimum Gasteiger partial charge on any atom is -0.493 e. The normalized spacial score (nSPS) is 27.2. The summed E-state index contributed by atoms with van der Waals surface area (Å²) in [5.41, 5.74) is -0.585. The molecule has 0 amide bonds. The number of carbonyl (C=O) groups is 6. The zero-order valence-electron chi connectivity index (χ0n) is 25.5. The molecule has 16 nitrogen and oxygen atoms in total. The lowest BCUT2D eigenvalue weighted by atomic mass is 9.50. The van der Waals surface area contributed by atoms with E-state index in [1.165, 1.54) is 13.2 Å². The van der Waals surface area contributed by atoms with E-state index in [1.807, 2.05) is 13.1 Å². The third kappa shape index (κ3) is 5.80. The molecule has 0 unspecified atom stereocenters. The molecular weight excluding hydrogens is 626 g/mol. The Morgan fingerprint density at radius 2 is 1.77 bits per heavy atom. The van der Waals surface area contributed by atoms with Crippen LogP contribution in [0.1, 0.15) is 49.7 Å². The number of esters is 2. The fourth-order valence-electron chi connectivity index (χ4n) is 7.44. The van der Waals surface area contributed by atoms with Gasteiger partial charge in [-0.05, 0) is 44.1 Å². The van der Waals surface area contributed by atoms with E-state index in [0.29, 0.717) is 30.9 Å². The molecule has 2 heterocycles. The van der Waals surface area contributed by atoms with Crippen LogP contribution in [0, 0.1) is 5.92 Å². The molecule has 16 heteroatoms. The maximum Gasteiger partial charge on any atom is 0.345 e. The van der Waals surface area contributed by atoms with Crippen LogP contribution < -0.4 is 9.47 Å². The lowest BCUT2D eigenvalue weighted by Gasteiger charge is -2.61. The van der Waals surface area contributed by atoms with Gasteiger partial charge in [0, 0.05) is 30.9 Å². The maximum atomic E-state index is 13.4. The number of methoxy groups -OCH3 is 1. The number of carbonyl (C=O) groups excluding carboxylic acids is 3. The van der Waals surface area contributed by atoms with Crippen LogP contribution in [0.4, 0.5) is 0 Å². The molecule has 4 aliphatic rings. The summed E-state index contributed by atoms with van der Waals surface area (Å²) in [7, 11) is 3.40. The largest absolute Gasteiger partial charge is 0.493 e. The van der Waals surface area contributed by atoms with Crippen LogP contribution in [0.5, 0.6) is 11.5 Å². The first-order chi connectivity index (χ1) is 22.1. The van der Waals surface area contributed by atoms with Crippen LogP contribution in [0.25, 0.3) is 0 Å². The molecule has 1 aromatic carbocycles. The number of piperidine rings is 1. The van der Waals surface area contributed by atoms with Crippen molar-refractivity contribution in [1.29, 1.82) is 0 Å². The minimum absolute atomic E-state index is 0.0446. The zero-order valence-corrected chi connectivity index (χ0v) is 25.5. The van der Waals surface area contributed by atoms with Crippen molar-refractivity contribution in [3.63, 3.8) is 0 Å². The molecule has 47 heavy (non-hydrogen) atoms. The van der Waals surface area contributed by atoms with E-state index < -0.39 is 96.6 Å². The number of aliphatic carboxylic acids is 3.